The second-order valence-electron chi connectivity index (χ2n) is 5.87. The monoisotopic (exact) mass is 340 g/mol. The van der Waals surface area contributed by atoms with E-state index in [-0.39, 0.29) is 5.91 Å². The highest BCUT2D eigenvalue weighted by Crippen LogP contribution is 2.17. The van der Waals surface area contributed by atoms with Gasteiger partial charge < -0.3 is 14.5 Å². The molecule has 0 saturated heterocycles. The number of ether oxygens (including phenoxy) is 1. The normalized spacial score (nSPS) is 11.0. The van der Waals surface area contributed by atoms with Crippen molar-refractivity contribution in [2.75, 3.05) is 20.3 Å². The van der Waals surface area contributed by atoms with Gasteiger partial charge in [0, 0.05) is 19.2 Å². The molecule has 0 aliphatic heterocycles. The average Bonchev–Trinajstić information content (AvgIpc) is 2.92. The van der Waals surface area contributed by atoms with Gasteiger partial charge in [-0.3, -0.25) is 9.36 Å². The molecule has 3 rings (SSSR count). The topological polar surface area (TPSA) is 73.5 Å². The molecule has 6 nitrogen and oxygen atoms in total. The zero-order chi connectivity index (χ0) is 17.8. The highest BCUT2D eigenvalue weighted by Gasteiger charge is 2.13. The van der Waals surface area contributed by atoms with E-state index in [1.807, 2.05) is 31.2 Å². The Bertz CT molecular complexity index is 938. The molecule has 0 unspecified atom stereocenters. The standard InChI is InChI=1S/C19H20N2O4/c1-13-3-5-14(6-4-13)12-21-16-11-15(18(22)20-9-10-24-2)7-8-17(16)25-19(21)23/h3-8,11H,9-10,12H2,1-2H3,(H,20,22). The number of hydrogen-bond acceptors (Lipinski definition) is 4. The summed E-state index contributed by atoms with van der Waals surface area (Å²) in [4.78, 5) is 24.4. The number of fused-ring (bicyclic) bond motifs is 1. The van der Waals surface area contributed by atoms with Crippen molar-refractivity contribution in [2.24, 2.45) is 0 Å². The minimum atomic E-state index is -0.437. The van der Waals surface area contributed by atoms with Crippen LogP contribution in [0, 0.1) is 6.92 Å². The highest BCUT2D eigenvalue weighted by molar-refractivity contribution is 5.97. The molecule has 25 heavy (non-hydrogen) atoms. The van der Waals surface area contributed by atoms with Crippen LogP contribution in [-0.2, 0) is 11.3 Å². The summed E-state index contributed by atoms with van der Waals surface area (Å²) in [6.45, 7) is 3.27. The molecule has 0 radical (unpaired) electrons. The fraction of sp³-hybridized carbons (Fsp3) is 0.263. The van der Waals surface area contributed by atoms with Crippen LogP contribution in [0.25, 0.3) is 11.1 Å². The number of benzene rings is 2. The lowest BCUT2D eigenvalue weighted by Crippen LogP contribution is -2.26. The van der Waals surface area contributed by atoms with Crippen molar-refractivity contribution in [2.45, 2.75) is 13.5 Å². The third-order valence-electron chi connectivity index (χ3n) is 3.98. The van der Waals surface area contributed by atoms with Crippen LogP contribution in [0.4, 0.5) is 0 Å². The fourth-order valence-electron chi connectivity index (χ4n) is 2.60. The van der Waals surface area contributed by atoms with Gasteiger partial charge in [-0.2, -0.15) is 0 Å². The maximum Gasteiger partial charge on any atom is 0.420 e. The van der Waals surface area contributed by atoms with E-state index in [4.69, 9.17) is 9.15 Å². The second kappa shape index (κ2) is 7.36. The summed E-state index contributed by atoms with van der Waals surface area (Å²) in [7, 11) is 1.58. The van der Waals surface area contributed by atoms with Crippen molar-refractivity contribution in [3.8, 4) is 0 Å². The third-order valence-corrected chi connectivity index (χ3v) is 3.98. The zero-order valence-electron chi connectivity index (χ0n) is 14.2. The maximum absolute atomic E-state index is 12.2. The van der Waals surface area contributed by atoms with E-state index in [1.165, 1.54) is 4.57 Å². The molecule has 3 aromatic rings. The number of rotatable bonds is 6. The third kappa shape index (κ3) is 3.80. The lowest BCUT2D eigenvalue weighted by molar-refractivity contribution is 0.0937. The van der Waals surface area contributed by atoms with Gasteiger partial charge in [0.1, 0.15) is 0 Å². The fourth-order valence-corrected chi connectivity index (χ4v) is 2.60. The van der Waals surface area contributed by atoms with Gasteiger partial charge in [0.15, 0.2) is 5.58 Å². The number of nitrogens with one attached hydrogen (secondary N) is 1. The van der Waals surface area contributed by atoms with E-state index in [9.17, 15) is 9.59 Å². The number of carbonyl (C=O) groups is 1. The molecule has 1 heterocycles. The summed E-state index contributed by atoms with van der Waals surface area (Å²) in [6, 6.07) is 12.9. The number of aryl methyl sites for hydroxylation is 1. The lowest BCUT2D eigenvalue weighted by Gasteiger charge is -2.06. The van der Waals surface area contributed by atoms with Gasteiger partial charge >= 0.3 is 5.76 Å². The Hall–Kier alpha value is -2.86. The van der Waals surface area contributed by atoms with Gasteiger partial charge in [0.2, 0.25) is 0 Å². The number of nitrogens with zero attached hydrogens (tertiary/aromatic N) is 1. The van der Waals surface area contributed by atoms with Gasteiger partial charge in [-0.25, -0.2) is 4.79 Å². The number of carbonyl (C=O) groups excluding carboxylic acids is 1. The van der Waals surface area contributed by atoms with Gasteiger partial charge in [-0.1, -0.05) is 29.8 Å². The van der Waals surface area contributed by atoms with Crippen LogP contribution in [0.3, 0.4) is 0 Å². The summed E-state index contributed by atoms with van der Waals surface area (Å²) in [5.41, 5.74) is 3.69. The minimum Gasteiger partial charge on any atom is -0.408 e. The van der Waals surface area contributed by atoms with Crippen molar-refractivity contribution in [3.05, 3.63) is 69.7 Å². The van der Waals surface area contributed by atoms with Crippen molar-refractivity contribution in [1.82, 2.24) is 9.88 Å². The molecule has 0 atom stereocenters. The van der Waals surface area contributed by atoms with Crippen LogP contribution < -0.4 is 11.1 Å². The molecule has 0 bridgehead atoms. The molecule has 1 N–H and O–H groups in total. The first kappa shape index (κ1) is 17.0. The van der Waals surface area contributed by atoms with Gasteiger partial charge in [0.05, 0.1) is 18.7 Å². The molecular formula is C19H20N2O4. The summed E-state index contributed by atoms with van der Waals surface area (Å²) in [5, 5.41) is 2.76. The molecular weight excluding hydrogens is 320 g/mol. The van der Waals surface area contributed by atoms with Crippen LogP contribution in [0.2, 0.25) is 0 Å². The Balaban J connectivity index is 1.91. The predicted octanol–water partition coefficient (Wildman–Crippen LogP) is 2.33. The molecule has 130 valence electrons. The van der Waals surface area contributed by atoms with Crippen molar-refractivity contribution >= 4 is 17.0 Å². The predicted molar refractivity (Wildman–Crippen MR) is 95.0 cm³/mol. The van der Waals surface area contributed by atoms with Crippen molar-refractivity contribution in [3.63, 3.8) is 0 Å². The first-order valence-electron chi connectivity index (χ1n) is 8.04. The maximum atomic E-state index is 12.2. The molecule has 0 fully saturated rings. The summed E-state index contributed by atoms with van der Waals surface area (Å²) >= 11 is 0. The molecule has 2 aromatic carbocycles. The molecule has 0 aliphatic carbocycles. The minimum absolute atomic E-state index is 0.213. The van der Waals surface area contributed by atoms with E-state index in [1.54, 1.807) is 25.3 Å². The Morgan fingerprint density at radius 2 is 1.96 bits per heavy atom. The van der Waals surface area contributed by atoms with Gasteiger partial charge in [0.25, 0.3) is 5.91 Å². The SMILES string of the molecule is COCCNC(=O)c1ccc2oc(=O)n(Cc3ccc(C)cc3)c2c1. The van der Waals surface area contributed by atoms with Crippen molar-refractivity contribution < 1.29 is 13.9 Å². The molecule has 0 spiro atoms. The van der Waals surface area contributed by atoms with Crippen LogP contribution in [0.1, 0.15) is 21.5 Å². The molecule has 1 aromatic heterocycles. The average molecular weight is 340 g/mol. The second-order valence-corrected chi connectivity index (χ2v) is 5.87. The smallest absolute Gasteiger partial charge is 0.408 e. The van der Waals surface area contributed by atoms with Gasteiger partial charge in [-0.15, -0.1) is 0 Å². The largest absolute Gasteiger partial charge is 0.420 e. The Labute approximate surface area is 145 Å². The number of amides is 1. The highest BCUT2D eigenvalue weighted by atomic mass is 16.5. The first-order valence-corrected chi connectivity index (χ1v) is 8.04. The quantitative estimate of drug-likeness (QED) is 0.699. The van der Waals surface area contributed by atoms with Gasteiger partial charge in [-0.05, 0) is 30.7 Å². The van der Waals surface area contributed by atoms with Crippen LogP contribution in [-0.4, -0.2) is 30.7 Å². The molecule has 0 aliphatic rings. The van der Waals surface area contributed by atoms with Crippen LogP contribution in [0.15, 0.2) is 51.7 Å². The van der Waals surface area contributed by atoms with E-state index in [0.29, 0.717) is 36.4 Å². The lowest BCUT2D eigenvalue weighted by atomic mass is 10.1. The van der Waals surface area contributed by atoms with E-state index >= 15 is 0 Å². The van der Waals surface area contributed by atoms with E-state index in [2.05, 4.69) is 5.32 Å². The zero-order valence-corrected chi connectivity index (χ0v) is 14.2. The van der Waals surface area contributed by atoms with E-state index in [0.717, 1.165) is 11.1 Å². The summed E-state index contributed by atoms with van der Waals surface area (Å²) in [6.07, 6.45) is 0. The Kier molecular flexibility index (Phi) is 5.00. The van der Waals surface area contributed by atoms with Crippen LogP contribution >= 0.6 is 0 Å². The van der Waals surface area contributed by atoms with Crippen molar-refractivity contribution in [1.29, 1.82) is 0 Å². The first-order chi connectivity index (χ1) is 12.1. The Morgan fingerprint density at radius 1 is 1.20 bits per heavy atom. The van der Waals surface area contributed by atoms with Crippen LogP contribution in [0.5, 0.6) is 0 Å². The summed E-state index contributed by atoms with van der Waals surface area (Å²) in [5.74, 6) is -0.651. The number of hydrogen-bond donors (Lipinski definition) is 1. The molecule has 1 amide bonds. The summed E-state index contributed by atoms with van der Waals surface area (Å²) < 4.78 is 11.7. The molecule has 0 saturated carbocycles. The number of oxazole rings is 1. The number of aromatic nitrogens is 1. The molecule has 6 heteroatoms. The number of methoxy groups -OCH3 is 1. The van der Waals surface area contributed by atoms with E-state index < -0.39 is 5.76 Å². The Morgan fingerprint density at radius 3 is 2.68 bits per heavy atom.